The molecular formula is C23H19Cl2N3S. The highest BCUT2D eigenvalue weighted by molar-refractivity contribution is 7.98. The molecule has 0 saturated heterocycles. The van der Waals surface area contributed by atoms with E-state index in [0.717, 1.165) is 57.5 Å². The van der Waals surface area contributed by atoms with Gasteiger partial charge < -0.3 is 4.90 Å². The van der Waals surface area contributed by atoms with Gasteiger partial charge in [0.15, 0.2) is 0 Å². The molecule has 0 bridgehead atoms. The van der Waals surface area contributed by atoms with Gasteiger partial charge in [-0.15, -0.1) is 11.8 Å². The number of thioether (sulfide) groups is 1. The van der Waals surface area contributed by atoms with Gasteiger partial charge in [-0.1, -0.05) is 59.6 Å². The van der Waals surface area contributed by atoms with Gasteiger partial charge in [-0.25, -0.2) is 4.98 Å². The maximum Gasteiger partial charge on any atom is 0.115 e. The van der Waals surface area contributed by atoms with Gasteiger partial charge in [0.1, 0.15) is 11.1 Å². The smallest absolute Gasteiger partial charge is 0.115 e. The van der Waals surface area contributed by atoms with Crippen LogP contribution in [0.1, 0.15) is 22.4 Å². The Morgan fingerprint density at radius 3 is 2.55 bits per heavy atom. The summed E-state index contributed by atoms with van der Waals surface area (Å²) < 4.78 is 0. The minimum Gasteiger partial charge on any atom is -0.302 e. The van der Waals surface area contributed by atoms with Gasteiger partial charge in [0.05, 0.1) is 5.56 Å². The summed E-state index contributed by atoms with van der Waals surface area (Å²) in [4.78, 5) is 7.16. The third-order valence-corrected chi connectivity index (χ3v) is 6.81. The van der Waals surface area contributed by atoms with Crippen LogP contribution in [0.4, 0.5) is 0 Å². The zero-order valence-electron chi connectivity index (χ0n) is 16.0. The SMILES string of the molecule is CN1CCc2nc(SCc3ccccc3Cl)c(C#N)c(-c3ccccc3Cl)c2C1. The first-order valence-electron chi connectivity index (χ1n) is 9.34. The van der Waals surface area contributed by atoms with Gasteiger partial charge in [0, 0.05) is 52.1 Å². The van der Waals surface area contributed by atoms with Crippen molar-refractivity contribution in [2.45, 2.75) is 23.7 Å². The summed E-state index contributed by atoms with van der Waals surface area (Å²) in [5, 5.41) is 12.2. The first kappa shape index (κ1) is 20.3. The van der Waals surface area contributed by atoms with Crippen molar-refractivity contribution in [3.8, 4) is 17.2 Å². The number of halogens is 2. The molecule has 3 nitrogen and oxygen atoms in total. The molecule has 2 heterocycles. The lowest BCUT2D eigenvalue weighted by Crippen LogP contribution is -2.28. The van der Waals surface area contributed by atoms with Crippen LogP contribution < -0.4 is 0 Å². The average molecular weight is 440 g/mol. The average Bonchev–Trinajstić information content (AvgIpc) is 2.73. The lowest BCUT2D eigenvalue weighted by atomic mass is 9.92. The summed E-state index contributed by atoms with van der Waals surface area (Å²) in [5.41, 5.74) is 5.57. The van der Waals surface area contributed by atoms with Crippen LogP contribution in [0.5, 0.6) is 0 Å². The molecule has 1 aromatic heterocycles. The second-order valence-corrected chi connectivity index (χ2v) is 8.83. The molecule has 6 heteroatoms. The predicted octanol–water partition coefficient (Wildman–Crippen LogP) is 6.21. The van der Waals surface area contributed by atoms with E-state index in [2.05, 4.69) is 18.0 Å². The Morgan fingerprint density at radius 1 is 1.10 bits per heavy atom. The topological polar surface area (TPSA) is 39.9 Å². The first-order chi connectivity index (χ1) is 14.1. The molecule has 0 fully saturated rings. The third-order valence-electron chi connectivity index (χ3n) is 5.09. The largest absolute Gasteiger partial charge is 0.302 e. The van der Waals surface area contributed by atoms with Crippen molar-refractivity contribution in [3.63, 3.8) is 0 Å². The van der Waals surface area contributed by atoms with Gasteiger partial charge in [0.2, 0.25) is 0 Å². The number of nitrogens with zero attached hydrogens (tertiary/aromatic N) is 3. The number of pyridine rings is 1. The molecule has 0 radical (unpaired) electrons. The summed E-state index contributed by atoms with van der Waals surface area (Å²) in [7, 11) is 2.09. The van der Waals surface area contributed by atoms with Crippen LogP contribution in [0, 0.1) is 11.3 Å². The fraction of sp³-hybridized carbons (Fsp3) is 0.217. The number of aromatic nitrogens is 1. The van der Waals surface area contributed by atoms with Crippen molar-refractivity contribution in [3.05, 3.63) is 81.0 Å². The van der Waals surface area contributed by atoms with Crippen molar-refractivity contribution < 1.29 is 0 Å². The monoisotopic (exact) mass is 439 g/mol. The molecule has 0 amide bonds. The van der Waals surface area contributed by atoms with E-state index in [-0.39, 0.29) is 0 Å². The predicted molar refractivity (Wildman–Crippen MR) is 120 cm³/mol. The Morgan fingerprint density at radius 2 is 1.83 bits per heavy atom. The maximum absolute atomic E-state index is 10.1. The lowest BCUT2D eigenvalue weighted by molar-refractivity contribution is 0.309. The van der Waals surface area contributed by atoms with Crippen LogP contribution in [-0.4, -0.2) is 23.5 Å². The molecule has 0 spiro atoms. The van der Waals surface area contributed by atoms with E-state index in [1.54, 1.807) is 11.8 Å². The van der Waals surface area contributed by atoms with Crippen LogP contribution in [-0.2, 0) is 18.7 Å². The molecule has 0 N–H and O–H groups in total. The summed E-state index contributed by atoms with van der Waals surface area (Å²) in [6.45, 7) is 1.70. The van der Waals surface area contributed by atoms with Gasteiger partial charge in [-0.05, 0) is 30.3 Å². The van der Waals surface area contributed by atoms with E-state index in [9.17, 15) is 5.26 Å². The molecule has 1 aliphatic rings. The first-order valence-corrected chi connectivity index (χ1v) is 11.1. The third kappa shape index (κ3) is 4.15. The zero-order chi connectivity index (χ0) is 20.4. The summed E-state index contributed by atoms with van der Waals surface area (Å²) in [6.07, 6.45) is 0.856. The highest BCUT2D eigenvalue weighted by atomic mass is 35.5. The summed E-state index contributed by atoms with van der Waals surface area (Å²) in [6, 6.07) is 17.9. The van der Waals surface area contributed by atoms with Crippen molar-refractivity contribution in [2.75, 3.05) is 13.6 Å². The Kier molecular flexibility index (Phi) is 6.12. The van der Waals surface area contributed by atoms with Crippen LogP contribution in [0.25, 0.3) is 11.1 Å². The van der Waals surface area contributed by atoms with Crippen LogP contribution in [0.15, 0.2) is 53.6 Å². The Hall–Kier alpha value is -2.03. The molecule has 0 unspecified atom stereocenters. The number of rotatable bonds is 4. The van der Waals surface area contributed by atoms with Gasteiger partial charge in [-0.3, -0.25) is 0 Å². The number of benzene rings is 2. The van der Waals surface area contributed by atoms with Crippen molar-refractivity contribution in [1.29, 1.82) is 5.26 Å². The second-order valence-electron chi connectivity index (χ2n) is 7.05. The van der Waals surface area contributed by atoms with Crippen LogP contribution in [0.2, 0.25) is 10.0 Å². The van der Waals surface area contributed by atoms with Gasteiger partial charge in [-0.2, -0.15) is 5.26 Å². The Bertz CT molecular complexity index is 1110. The van der Waals surface area contributed by atoms with E-state index in [0.29, 0.717) is 16.3 Å². The molecule has 3 aromatic rings. The number of hydrogen-bond donors (Lipinski definition) is 0. The molecule has 29 heavy (non-hydrogen) atoms. The summed E-state index contributed by atoms with van der Waals surface area (Å²) >= 11 is 14.4. The van der Waals surface area contributed by atoms with Gasteiger partial charge in [0.25, 0.3) is 0 Å². The van der Waals surface area contributed by atoms with E-state index in [1.165, 1.54) is 0 Å². The van der Waals surface area contributed by atoms with Gasteiger partial charge >= 0.3 is 0 Å². The molecular weight excluding hydrogens is 421 g/mol. The van der Waals surface area contributed by atoms with Crippen LogP contribution in [0.3, 0.4) is 0 Å². The highest BCUT2D eigenvalue weighted by Gasteiger charge is 2.26. The summed E-state index contributed by atoms with van der Waals surface area (Å²) in [5.74, 6) is 0.655. The number of hydrogen-bond acceptors (Lipinski definition) is 4. The number of nitriles is 1. The Balaban J connectivity index is 1.85. The van der Waals surface area contributed by atoms with E-state index < -0.39 is 0 Å². The molecule has 1 aliphatic heterocycles. The van der Waals surface area contributed by atoms with E-state index >= 15 is 0 Å². The number of likely N-dealkylation sites (N-methyl/N-ethyl adjacent to an activating group) is 1. The second kappa shape index (κ2) is 8.77. The molecule has 0 atom stereocenters. The quantitative estimate of drug-likeness (QED) is 0.453. The standard InChI is InChI=1S/C23H19Cl2N3S/c1-28-11-10-21-18(13-28)22(16-7-3-5-9-20(16)25)17(12-26)23(27-21)29-14-15-6-2-4-8-19(15)24/h2-9H,10-11,13-14H2,1H3. The highest BCUT2D eigenvalue weighted by Crippen LogP contribution is 2.40. The lowest BCUT2D eigenvalue weighted by Gasteiger charge is -2.28. The minimum absolute atomic E-state index is 0.587. The molecule has 0 aliphatic carbocycles. The molecule has 146 valence electrons. The van der Waals surface area contributed by atoms with Crippen molar-refractivity contribution in [1.82, 2.24) is 9.88 Å². The minimum atomic E-state index is 0.587. The normalized spacial score (nSPS) is 13.7. The zero-order valence-corrected chi connectivity index (χ0v) is 18.3. The van der Waals surface area contributed by atoms with Crippen molar-refractivity contribution in [2.24, 2.45) is 0 Å². The maximum atomic E-state index is 10.1. The molecule has 0 saturated carbocycles. The Labute approximate surface area is 185 Å². The molecule has 2 aromatic carbocycles. The fourth-order valence-corrected chi connectivity index (χ4v) is 5.12. The molecule has 4 rings (SSSR count). The van der Waals surface area contributed by atoms with Crippen molar-refractivity contribution >= 4 is 35.0 Å². The van der Waals surface area contributed by atoms with E-state index in [1.807, 2.05) is 48.5 Å². The van der Waals surface area contributed by atoms with Crippen LogP contribution >= 0.6 is 35.0 Å². The van der Waals surface area contributed by atoms with E-state index in [4.69, 9.17) is 28.2 Å². The number of fused-ring (bicyclic) bond motifs is 1. The fourth-order valence-electron chi connectivity index (χ4n) is 3.60.